The second-order valence-electron chi connectivity index (χ2n) is 3.49. The van der Waals surface area contributed by atoms with Crippen LogP contribution >= 0.6 is 11.8 Å². The Hall–Kier alpha value is -1.81. The molecule has 1 saturated heterocycles. The summed E-state index contributed by atoms with van der Waals surface area (Å²) in [6.45, 7) is 3.79. The highest BCUT2D eigenvalue weighted by Gasteiger charge is 2.33. The highest BCUT2D eigenvalue weighted by molar-refractivity contribution is 8.18. The number of rotatable bonds is 3. The van der Waals surface area contributed by atoms with Crippen molar-refractivity contribution in [3.05, 3.63) is 53.5 Å². The van der Waals surface area contributed by atoms with Gasteiger partial charge in [0, 0.05) is 6.54 Å². The number of nitrogens with zero attached hydrogens (tertiary/aromatic N) is 1. The quantitative estimate of drug-likeness (QED) is 0.607. The van der Waals surface area contributed by atoms with E-state index in [1.807, 2.05) is 30.3 Å². The summed E-state index contributed by atoms with van der Waals surface area (Å²) in [4.78, 5) is 25.1. The molecule has 1 fully saturated rings. The molecule has 0 aromatic heterocycles. The summed E-state index contributed by atoms with van der Waals surface area (Å²) in [7, 11) is 0. The maximum Gasteiger partial charge on any atom is 0.293 e. The van der Waals surface area contributed by atoms with Crippen molar-refractivity contribution in [3.8, 4) is 0 Å². The van der Waals surface area contributed by atoms with Gasteiger partial charge in [0.15, 0.2) is 0 Å². The number of hydrogen-bond acceptors (Lipinski definition) is 3. The van der Waals surface area contributed by atoms with Gasteiger partial charge in [-0.25, -0.2) is 0 Å². The minimum Gasteiger partial charge on any atom is -0.268 e. The summed E-state index contributed by atoms with van der Waals surface area (Å²) in [6, 6.07) is 9.46. The normalized spacial score (nSPS) is 17.9. The lowest BCUT2D eigenvalue weighted by Crippen LogP contribution is -2.27. The maximum atomic E-state index is 11.9. The van der Waals surface area contributed by atoms with E-state index < -0.39 is 0 Å². The van der Waals surface area contributed by atoms with Crippen molar-refractivity contribution in [1.82, 2.24) is 4.90 Å². The van der Waals surface area contributed by atoms with Crippen LogP contribution in [-0.2, 0) is 4.79 Å². The number of amides is 2. The van der Waals surface area contributed by atoms with Gasteiger partial charge in [-0.05, 0) is 23.4 Å². The zero-order valence-electron chi connectivity index (χ0n) is 9.13. The summed E-state index contributed by atoms with van der Waals surface area (Å²) < 4.78 is 0. The van der Waals surface area contributed by atoms with E-state index >= 15 is 0 Å². The zero-order chi connectivity index (χ0) is 12.3. The smallest absolute Gasteiger partial charge is 0.268 e. The van der Waals surface area contributed by atoms with Gasteiger partial charge in [-0.1, -0.05) is 36.4 Å². The standard InChI is InChI=1S/C13H11NO2S/c1-2-8-14-12(15)11(17-13(14)16)9-10-6-4-3-5-7-10/h2-7,9H,1,8H2/b11-9-. The number of thioether (sulfide) groups is 1. The fraction of sp³-hybridized carbons (Fsp3) is 0.0769. The van der Waals surface area contributed by atoms with Crippen molar-refractivity contribution < 1.29 is 9.59 Å². The van der Waals surface area contributed by atoms with E-state index in [9.17, 15) is 9.59 Å². The SMILES string of the molecule is C=CCN1C(=O)S/C(=C\c2ccccc2)C1=O. The van der Waals surface area contributed by atoms with Crippen LogP contribution in [0.1, 0.15) is 5.56 Å². The van der Waals surface area contributed by atoms with Crippen LogP contribution in [0.5, 0.6) is 0 Å². The molecule has 0 atom stereocenters. The molecule has 0 radical (unpaired) electrons. The van der Waals surface area contributed by atoms with Crippen LogP contribution in [-0.4, -0.2) is 22.6 Å². The predicted octanol–water partition coefficient (Wildman–Crippen LogP) is 2.91. The van der Waals surface area contributed by atoms with E-state index in [-0.39, 0.29) is 17.7 Å². The van der Waals surface area contributed by atoms with Gasteiger partial charge in [-0.3, -0.25) is 14.5 Å². The van der Waals surface area contributed by atoms with Crippen LogP contribution in [0.2, 0.25) is 0 Å². The van der Waals surface area contributed by atoms with E-state index in [0.29, 0.717) is 4.91 Å². The van der Waals surface area contributed by atoms with E-state index in [0.717, 1.165) is 17.3 Å². The highest BCUT2D eigenvalue weighted by atomic mass is 32.2. The fourth-order valence-electron chi connectivity index (χ4n) is 1.49. The van der Waals surface area contributed by atoms with E-state index in [4.69, 9.17) is 0 Å². The molecule has 1 aliphatic heterocycles. The van der Waals surface area contributed by atoms with E-state index in [1.54, 1.807) is 12.2 Å². The molecular formula is C13H11NO2S. The van der Waals surface area contributed by atoms with Crippen molar-refractivity contribution in [3.63, 3.8) is 0 Å². The van der Waals surface area contributed by atoms with Gasteiger partial charge in [0.1, 0.15) is 0 Å². The van der Waals surface area contributed by atoms with Crippen LogP contribution < -0.4 is 0 Å². The number of hydrogen-bond donors (Lipinski definition) is 0. The zero-order valence-corrected chi connectivity index (χ0v) is 9.94. The van der Waals surface area contributed by atoms with Gasteiger partial charge in [0.05, 0.1) is 4.91 Å². The van der Waals surface area contributed by atoms with Crippen LogP contribution in [0.15, 0.2) is 47.9 Å². The summed E-state index contributed by atoms with van der Waals surface area (Å²) in [5, 5.41) is -0.239. The van der Waals surface area contributed by atoms with Crippen molar-refractivity contribution in [2.24, 2.45) is 0 Å². The van der Waals surface area contributed by atoms with Crippen LogP contribution in [0.4, 0.5) is 4.79 Å². The lowest BCUT2D eigenvalue weighted by atomic mass is 10.2. The van der Waals surface area contributed by atoms with Gasteiger partial charge < -0.3 is 0 Å². The number of benzene rings is 1. The molecule has 1 aromatic carbocycles. The second-order valence-corrected chi connectivity index (χ2v) is 4.48. The van der Waals surface area contributed by atoms with E-state index in [2.05, 4.69) is 6.58 Å². The minimum absolute atomic E-state index is 0.239. The summed E-state index contributed by atoms with van der Waals surface area (Å²) in [5.41, 5.74) is 0.914. The molecule has 3 nitrogen and oxygen atoms in total. The van der Waals surface area contributed by atoms with Crippen molar-refractivity contribution in [2.75, 3.05) is 6.54 Å². The first kappa shape index (κ1) is 11.7. The minimum atomic E-state index is -0.247. The van der Waals surface area contributed by atoms with Gasteiger partial charge in [0.2, 0.25) is 0 Å². The van der Waals surface area contributed by atoms with Crippen molar-refractivity contribution >= 4 is 29.0 Å². The summed E-state index contributed by atoms with van der Waals surface area (Å²) in [5.74, 6) is -0.247. The molecule has 1 heterocycles. The summed E-state index contributed by atoms with van der Waals surface area (Å²) >= 11 is 0.967. The molecule has 4 heteroatoms. The van der Waals surface area contributed by atoms with Crippen molar-refractivity contribution in [2.45, 2.75) is 0 Å². The van der Waals surface area contributed by atoms with Gasteiger partial charge >= 0.3 is 0 Å². The average molecular weight is 245 g/mol. The Morgan fingerprint density at radius 3 is 2.59 bits per heavy atom. The number of imide groups is 1. The monoisotopic (exact) mass is 245 g/mol. The largest absolute Gasteiger partial charge is 0.293 e. The molecule has 0 N–H and O–H groups in total. The highest BCUT2D eigenvalue weighted by Crippen LogP contribution is 2.31. The third kappa shape index (κ3) is 2.47. The lowest BCUT2D eigenvalue weighted by Gasteiger charge is -2.07. The molecule has 1 aliphatic rings. The van der Waals surface area contributed by atoms with Crippen LogP contribution in [0, 0.1) is 0 Å². The molecule has 2 amide bonds. The molecule has 2 rings (SSSR count). The molecule has 1 aromatic rings. The molecule has 0 unspecified atom stereocenters. The van der Waals surface area contributed by atoms with Gasteiger partial charge in [-0.15, -0.1) is 6.58 Å². The molecule has 86 valence electrons. The third-order valence-corrected chi connectivity index (χ3v) is 3.19. The number of carbonyl (C=O) groups excluding carboxylic acids is 2. The topological polar surface area (TPSA) is 37.4 Å². The number of carbonyl (C=O) groups is 2. The fourth-order valence-corrected chi connectivity index (χ4v) is 2.34. The molecule has 0 spiro atoms. The average Bonchev–Trinajstić information content (AvgIpc) is 2.59. The van der Waals surface area contributed by atoms with Gasteiger partial charge in [0.25, 0.3) is 11.1 Å². The van der Waals surface area contributed by atoms with Crippen LogP contribution in [0.3, 0.4) is 0 Å². The van der Waals surface area contributed by atoms with E-state index in [1.165, 1.54) is 4.90 Å². The van der Waals surface area contributed by atoms with Crippen LogP contribution in [0.25, 0.3) is 6.08 Å². The van der Waals surface area contributed by atoms with Crippen molar-refractivity contribution in [1.29, 1.82) is 0 Å². The molecular weight excluding hydrogens is 234 g/mol. The van der Waals surface area contributed by atoms with Gasteiger partial charge in [-0.2, -0.15) is 0 Å². The Labute approximate surface area is 104 Å². The third-order valence-electron chi connectivity index (χ3n) is 2.28. The molecule has 0 saturated carbocycles. The Kier molecular flexibility index (Phi) is 3.44. The first-order valence-electron chi connectivity index (χ1n) is 5.13. The molecule has 0 aliphatic carbocycles. The Bertz CT molecular complexity index is 493. The lowest BCUT2D eigenvalue weighted by molar-refractivity contribution is -0.122. The predicted molar refractivity (Wildman–Crippen MR) is 69.3 cm³/mol. The maximum absolute atomic E-state index is 11.9. The summed E-state index contributed by atoms with van der Waals surface area (Å²) in [6.07, 6.45) is 3.27. The molecule has 0 bridgehead atoms. The molecule has 17 heavy (non-hydrogen) atoms. The first-order valence-corrected chi connectivity index (χ1v) is 5.95. The second kappa shape index (κ2) is 5.01. The first-order chi connectivity index (χ1) is 8.22. The Morgan fingerprint density at radius 2 is 1.94 bits per heavy atom. The Balaban J connectivity index is 2.25. The Morgan fingerprint density at radius 1 is 1.24 bits per heavy atom.